The van der Waals surface area contributed by atoms with Crippen LogP contribution in [-0.2, 0) is 0 Å². The maximum absolute atomic E-state index is 13.1. The highest BCUT2D eigenvalue weighted by Gasteiger charge is 2.40. The van der Waals surface area contributed by atoms with Gasteiger partial charge in [-0.15, -0.1) is 0 Å². The molecule has 1 fully saturated rings. The van der Waals surface area contributed by atoms with Crippen molar-refractivity contribution in [3.63, 3.8) is 0 Å². The summed E-state index contributed by atoms with van der Waals surface area (Å²) in [5.74, 6) is -0.310. The van der Waals surface area contributed by atoms with E-state index in [1.807, 2.05) is 0 Å². The van der Waals surface area contributed by atoms with Gasteiger partial charge in [0.2, 0.25) is 0 Å². The third kappa shape index (κ3) is 2.75. The molecule has 92 valence electrons. The van der Waals surface area contributed by atoms with Gasteiger partial charge in [0.05, 0.1) is 0 Å². The maximum atomic E-state index is 13.1. The van der Waals surface area contributed by atoms with Crippen molar-refractivity contribution < 1.29 is 4.39 Å². The van der Waals surface area contributed by atoms with Crippen LogP contribution in [0.4, 0.5) is 10.1 Å². The molecule has 0 aliphatic heterocycles. The fourth-order valence-corrected chi connectivity index (χ4v) is 2.16. The zero-order chi connectivity index (χ0) is 12.5. The van der Waals surface area contributed by atoms with E-state index in [9.17, 15) is 4.39 Å². The van der Waals surface area contributed by atoms with Gasteiger partial charge in [-0.25, -0.2) is 4.39 Å². The number of rotatable bonds is 5. The molecule has 1 aliphatic carbocycles. The van der Waals surface area contributed by atoms with Crippen LogP contribution in [0.5, 0.6) is 0 Å². The Kier molecular flexibility index (Phi) is 3.33. The zero-order valence-corrected chi connectivity index (χ0v) is 10.7. The van der Waals surface area contributed by atoms with Gasteiger partial charge in [0.15, 0.2) is 0 Å². The first-order valence-corrected chi connectivity index (χ1v) is 6.30. The highest BCUT2D eigenvalue weighted by atomic mass is 32.1. The van der Waals surface area contributed by atoms with Gasteiger partial charge in [-0.3, -0.25) is 0 Å². The second-order valence-corrected chi connectivity index (χ2v) is 5.20. The first kappa shape index (κ1) is 12.3. The Morgan fingerprint density at radius 2 is 2.24 bits per heavy atom. The average Bonchev–Trinajstić information content (AvgIpc) is 3.08. The smallest absolute Gasteiger partial charge is 0.124 e. The van der Waals surface area contributed by atoms with Crippen LogP contribution in [0.15, 0.2) is 18.2 Å². The molecule has 0 saturated heterocycles. The first-order valence-electron chi connectivity index (χ1n) is 5.89. The SMILES string of the molecule is CCC1(CNc2ccc(F)cc2C(N)=S)CC1. The summed E-state index contributed by atoms with van der Waals surface area (Å²) >= 11 is 4.93. The summed E-state index contributed by atoms with van der Waals surface area (Å²) in [4.78, 5) is 0.230. The van der Waals surface area contributed by atoms with Crippen LogP contribution in [0.25, 0.3) is 0 Å². The number of hydrogen-bond donors (Lipinski definition) is 2. The molecule has 0 amide bonds. The number of benzene rings is 1. The Balaban J connectivity index is 2.12. The number of thiocarbonyl (C=S) groups is 1. The molecule has 0 spiro atoms. The predicted octanol–water partition coefficient (Wildman–Crippen LogP) is 3.06. The number of hydrogen-bond acceptors (Lipinski definition) is 2. The van der Waals surface area contributed by atoms with Gasteiger partial charge >= 0.3 is 0 Å². The van der Waals surface area contributed by atoms with Gasteiger partial charge < -0.3 is 11.1 Å². The summed E-state index contributed by atoms with van der Waals surface area (Å²) in [5, 5.41) is 3.34. The van der Waals surface area contributed by atoms with E-state index in [-0.39, 0.29) is 10.8 Å². The van der Waals surface area contributed by atoms with Crippen LogP contribution in [0.1, 0.15) is 31.7 Å². The molecule has 4 heteroatoms. The topological polar surface area (TPSA) is 38.0 Å². The molecule has 0 aromatic heterocycles. The molecule has 2 nitrogen and oxygen atoms in total. The number of halogens is 1. The highest BCUT2D eigenvalue weighted by molar-refractivity contribution is 7.80. The maximum Gasteiger partial charge on any atom is 0.124 e. The van der Waals surface area contributed by atoms with E-state index in [4.69, 9.17) is 18.0 Å². The van der Waals surface area contributed by atoms with Crippen molar-refractivity contribution in [2.45, 2.75) is 26.2 Å². The molecule has 1 aromatic carbocycles. The molecule has 3 N–H and O–H groups in total. The minimum atomic E-state index is -0.310. The van der Waals surface area contributed by atoms with Crippen molar-refractivity contribution in [2.24, 2.45) is 11.1 Å². The summed E-state index contributed by atoms with van der Waals surface area (Å²) in [6.07, 6.45) is 3.70. The lowest BCUT2D eigenvalue weighted by molar-refractivity contribution is 0.521. The second kappa shape index (κ2) is 4.61. The largest absolute Gasteiger partial charge is 0.389 e. The minimum absolute atomic E-state index is 0.230. The normalized spacial score (nSPS) is 16.6. The van der Waals surface area contributed by atoms with Crippen LogP contribution >= 0.6 is 12.2 Å². The van der Waals surface area contributed by atoms with Crippen LogP contribution in [0.3, 0.4) is 0 Å². The lowest BCUT2D eigenvalue weighted by Crippen LogP contribution is -2.18. The Hall–Kier alpha value is -1.16. The molecule has 17 heavy (non-hydrogen) atoms. The van der Waals surface area contributed by atoms with Crippen molar-refractivity contribution in [1.29, 1.82) is 0 Å². The van der Waals surface area contributed by atoms with Crippen molar-refractivity contribution >= 4 is 22.9 Å². The van der Waals surface area contributed by atoms with Crippen molar-refractivity contribution in [3.05, 3.63) is 29.6 Å². The molecule has 1 saturated carbocycles. The molecule has 0 atom stereocenters. The van der Waals surface area contributed by atoms with E-state index in [0.29, 0.717) is 11.0 Å². The molecule has 0 radical (unpaired) electrons. The first-order chi connectivity index (χ1) is 8.06. The lowest BCUT2D eigenvalue weighted by atomic mass is 10.0. The van der Waals surface area contributed by atoms with Gasteiger partial charge in [0.1, 0.15) is 10.8 Å². The Morgan fingerprint density at radius 1 is 1.53 bits per heavy atom. The third-order valence-corrected chi connectivity index (χ3v) is 3.83. The summed E-state index contributed by atoms with van der Waals surface area (Å²) in [5.41, 5.74) is 7.45. The van der Waals surface area contributed by atoms with E-state index >= 15 is 0 Å². The Bertz CT molecular complexity index is 441. The fourth-order valence-electron chi connectivity index (χ4n) is 1.99. The highest BCUT2D eigenvalue weighted by Crippen LogP contribution is 2.48. The van der Waals surface area contributed by atoms with E-state index < -0.39 is 0 Å². The Labute approximate surface area is 106 Å². The molecule has 1 aromatic rings. The van der Waals surface area contributed by atoms with Gasteiger partial charge in [0, 0.05) is 17.8 Å². The fraction of sp³-hybridized carbons (Fsp3) is 0.462. The van der Waals surface area contributed by atoms with Crippen LogP contribution in [-0.4, -0.2) is 11.5 Å². The molecule has 2 rings (SSSR count). The van der Waals surface area contributed by atoms with Gasteiger partial charge in [-0.1, -0.05) is 19.1 Å². The van der Waals surface area contributed by atoms with Crippen LogP contribution in [0.2, 0.25) is 0 Å². The molecule has 0 unspecified atom stereocenters. The molecular formula is C13H17FN2S. The summed E-state index contributed by atoms with van der Waals surface area (Å²) in [6, 6.07) is 4.52. The molecule has 0 heterocycles. The number of nitrogens with two attached hydrogens (primary N) is 1. The van der Waals surface area contributed by atoms with E-state index in [1.54, 1.807) is 6.07 Å². The number of anilines is 1. The standard InChI is InChI=1S/C13H17FN2S/c1-2-13(5-6-13)8-16-11-4-3-9(14)7-10(11)12(15)17/h3-4,7,16H,2,5-6,8H2,1H3,(H2,15,17). The number of nitrogens with one attached hydrogen (secondary N) is 1. The molecule has 0 bridgehead atoms. The summed E-state index contributed by atoms with van der Waals surface area (Å²) in [6.45, 7) is 3.11. The van der Waals surface area contributed by atoms with Gasteiger partial charge in [-0.05, 0) is 42.9 Å². The van der Waals surface area contributed by atoms with Crippen LogP contribution < -0.4 is 11.1 Å². The van der Waals surface area contributed by atoms with Crippen LogP contribution in [0, 0.1) is 11.2 Å². The summed E-state index contributed by atoms with van der Waals surface area (Å²) in [7, 11) is 0. The van der Waals surface area contributed by atoms with Crippen molar-refractivity contribution in [1.82, 2.24) is 0 Å². The predicted molar refractivity (Wildman–Crippen MR) is 72.7 cm³/mol. The van der Waals surface area contributed by atoms with Gasteiger partial charge in [0.25, 0.3) is 0 Å². The third-order valence-electron chi connectivity index (χ3n) is 3.61. The van der Waals surface area contributed by atoms with E-state index in [1.165, 1.54) is 31.4 Å². The Morgan fingerprint density at radius 3 is 2.76 bits per heavy atom. The minimum Gasteiger partial charge on any atom is -0.389 e. The average molecular weight is 252 g/mol. The lowest BCUT2D eigenvalue weighted by Gasteiger charge is -2.16. The monoisotopic (exact) mass is 252 g/mol. The van der Waals surface area contributed by atoms with E-state index in [2.05, 4.69) is 12.2 Å². The van der Waals surface area contributed by atoms with E-state index in [0.717, 1.165) is 12.2 Å². The molecule has 1 aliphatic rings. The zero-order valence-electron chi connectivity index (χ0n) is 9.92. The molecular weight excluding hydrogens is 235 g/mol. The van der Waals surface area contributed by atoms with Crippen molar-refractivity contribution in [2.75, 3.05) is 11.9 Å². The van der Waals surface area contributed by atoms with Crippen molar-refractivity contribution in [3.8, 4) is 0 Å². The summed E-state index contributed by atoms with van der Waals surface area (Å²) < 4.78 is 13.1. The second-order valence-electron chi connectivity index (χ2n) is 4.76. The van der Waals surface area contributed by atoms with Gasteiger partial charge in [-0.2, -0.15) is 0 Å². The quantitative estimate of drug-likeness (QED) is 0.791.